The van der Waals surface area contributed by atoms with Crippen molar-refractivity contribution in [3.05, 3.63) is 11.6 Å². The molecular formula is C9H13N3O. The fraction of sp³-hybridized carbons (Fsp3) is 0.556. The van der Waals surface area contributed by atoms with E-state index in [1.54, 1.807) is 11.0 Å². The van der Waals surface area contributed by atoms with Gasteiger partial charge in [-0.1, -0.05) is 6.08 Å². The minimum Gasteiger partial charge on any atom is -0.338 e. The maximum atomic E-state index is 11.3. The zero-order chi connectivity index (χ0) is 9.68. The van der Waals surface area contributed by atoms with Crippen molar-refractivity contribution in [2.75, 3.05) is 19.6 Å². The zero-order valence-corrected chi connectivity index (χ0v) is 7.71. The lowest BCUT2D eigenvalue weighted by Crippen LogP contribution is -2.42. The van der Waals surface area contributed by atoms with Crippen LogP contribution in [0, 0.1) is 11.3 Å². The predicted octanol–water partition coefficient (Wildman–Crippen LogP) is 0.872. The second kappa shape index (κ2) is 4.51. The summed E-state index contributed by atoms with van der Waals surface area (Å²) < 4.78 is 0. The Morgan fingerprint density at radius 1 is 1.85 bits per heavy atom. The van der Waals surface area contributed by atoms with Crippen molar-refractivity contribution >= 4 is 6.03 Å². The highest BCUT2D eigenvalue weighted by Gasteiger charge is 2.15. The average molecular weight is 179 g/mol. The van der Waals surface area contributed by atoms with Gasteiger partial charge in [0.05, 0.1) is 6.07 Å². The van der Waals surface area contributed by atoms with E-state index >= 15 is 0 Å². The fourth-order valence-electron chi connectivity index (χ4n) is 1.22. The number of rotatable bonds is 1. The quantitative estimate of drug-likeness (QED) is 0.649. The van der Waals surface area contributed by atoms with Crippen molar-refractivity contribution in [1.29, 1.82) is 5.26 Å². The largest absolute Gasteiger partial charge is 0.338 e. The van der Waals surface area contributed by atoms with E-state index in [1.165, 1.54) is 0 Å². The van der Waals surface area contributed by atoms with Crippen LogP contribution in [0.4, 0.5) is 4.79 Å². The normalized spacial score (nSPS) is 16.0. The van der Waals surface area contributed by atoms with Gasteiger partial charge in [-0.05, 0) is 13.3 Å². The van der Waals surface area contributed by atoms with Gasteiger partial charge < -0.3 is 10.2 Å². The molecule has 0 radical (unpaired) electrons. The first-order valence-corrected chi connectivity index (χ1v) is 4.39. The predicted molar refractivity (Wildman–Crippen MR) is 49.0 cm³/mol. The van der Waals surface area contributed by atoms with E-state index in [0.717, 1.165) is 5.57 Å². The molecule has 4 heteroatoms. The average Bonchev–Trinajstić information content (AvgIpc) is 2.18. The molecule has 70 valence electrons. The van der Waals surface area contributed by atoms with Gasteiger partial charge >= 0.3 is 6.03 Å². The van der Waals surface area contributed by atoms with Crippen LogP contribution in [0.2, 0.25) is 0 Å². The summed E-state index contributed by atoms with van der Waals surface area (Å²) in [7, 11) is 0. The van der Waals surface area contributed by atoms with E-state index in [0.29, 0.717) is 26.1 Å². The lowest BCUT2D eigenvalue weighted by atomic mass is 10.1. The molecule has 1 aliphatic heterocycles. The van der Waals surface area contributed by atoms with Crippen LogP contribution >= 0.6 is 0 Å². The van der Waals surface area contributed by atoms with Gasteiger partial charge in [0.15, 0.2) is 0 Å². The first-order valence-electron chi connectivity index (χ1n) is 4.39. The topological polar surface area (TPSA) is 56.1 Å². The Hall–Kier alpha value is -1.50. The molecule has 13 heavy (non-hydrogen) atoms. The number of carbonyl (C=O) groups is 1. The summed E-state index contributed by atoms with van der Waals surface area (Å²) in [6, 6.07) is 2.05. The van der Waals surface area contributed by atoms with Crippen LogP contribution in [0.5, 0.6) is 0 Å². The molecule has 0 aromatic carbocycles. The minimum absolute atomic E-state index is 0.0456. The summed E-state index contributed by atoms with van der Waals surface area (Å²) in [6.07, 6.45) is 2.48. The molecule has 0 atom stereocenters. The molecule has 2 amide bonds. The van der Waals surface area contributed by atoms with Crippen molar-refractivity contribution in [3.8, 4) is 6.07 Å². The van der Waals surface area contributed by atoms with Gasteiger partial charge in [-0.15, -0.1) is 0 Å². The number of nitriles is 1. The maximum Gasteiger partial charge on any atom is 0.317 e. The Labute approximate surface area is 77.8 Å². The minimum atomic E-state index is -0.0456. The molecule has 0 aliphatic carbocycles. The molecule has 0 fully saturated rings. The van der Waals surface area contributed by atoms with Gasteiger partial charge in [0.2, 0.25) is 0 Å². The molecule has 1 heterocycles. The third kappa shape index (κ3) is 2.48. The molecule has 0 aromatic rings. The summed E-state index contributed by atoms with van der Waals surface area (Å²) in [5.74, 6) is 0. The summed E-state index contributed by atoms with van der Waals surface area (Å²) in [5.41, 5.74) is 0.778. The van der Waals surface area contributed by atoms with E-state index < -0.39 is 0 Å². The molecule has 0 spiro atoms. The molecule has 1 aliphatic rings. The lowest BCUT2D eigenvalue weighted by molar-refractivity contribution is 0.202. The zero-order valence-electron chi connectivity index (χ0n) is 7.71. The van der Waals surface area contributed by atoms with E-state index in [4.69, 9.17) is 5.26 Å². The van der Waals surface area contributed by atoms with Gasteiger partial charge in [-0.2, -0.15) is 5.26 Å². The van der Waals surface area contributed by atoms with Crippen molar-refractivity contribution < 1.29 is 4.79 Å². The highest BCUT2D eigenvalue weighted by Crippen LogP contribution is 2.08. The second-order valence-electron chi connectivity index (χ2n) is 2.87. The van der Waals surface area contributed by atoms with Crippen LogP contribution in [0.1, 0.15) is 13.3 Å². The molecule has 1 N–H and O–H groups in total. The van der Waals surface area contributed by atoms with Crippen LogP contribution in [-0.2, 0) is 0 Å². The number of hydrogen-bond acceptors (Lipinski definition) is 2. The van der Waals surface area contributed by atoms with Gasteiger partial charge in [0.25, 0.3) is 0 Å². The van der Waals surface area contributed by atoms with E-state index in [2.05, 4.69) is 11.4 Å². The monoisotopic (exact) mass is 179 g/mol. The SMILES string of the molecule is CCNC(=O)N1CC=C(C#N)CC1. The van der Waals surface area contributed by atoms with Crippen LogP contribution < -0.4 is 5.32 Å². The summed E-state index contributed by atoms with van der Waals surface area (Å²) in [4.78, 5) is 13.0. The smallest absolute Gasteiger partial charge is 0.317 e. The van der Waals surface area contributed by atoms with E-state index in [-0.39, 0.29) is 6.03 Å². The van der Waals surface area contributed by atoms with Crippen molar-refractivity contribution in [1.82, 2.24) is 10.2 Å². The van der Waals surface area contributed by atoms with E-state index in [1.807, 2.05) is 6.92 Å². The molecule has 0 bridgehead atoms. The molecule has 0 saturated carbocycles. The van der Waals surface area contributed by atoms with Gasteiger partial charge in [0.1, 0.15) is 0 Å². The molecule has 0 saturated heterocycles. The first kappa shape index (κ1) is 9.59. The summed E-state index contributed by atoms with van der Waals surface area (Å²) in [6.45, 7) is 3.72. The van der Waals surface area contributed by atoms with Crippen LogP contribution in [0.3, 0.4) is 0 Å². The Morgan fingerprint density at radius 2 is 2.62 bits per heavy atom. The summed E-state index contributed by atoms with van der Waals surface area (Å²) >= 11 is 0. The molecular weight excluding hydrogens is 166 g/mol. The standard InChI is InChI=1S/C9H13N3O/c1-2-11-9(13)12-5-3-8(7-10)4-6-12/h3H,2,4-6H2,1H3,(H,11,13). The highest BCUT2D eigenvalue weighted by atomic mass is 16.2. The Bertz CT molecular complexity index is 265. The van der Waals surface area contributed by atoms with Gasteiger partial charge in [0, 0.05) is 25.2 Å². The molecule has 4 nitrogen and oxygen atoms in total. The van der Waals surface area contributed by atoms with Crippen molar-refractivity contribution in [3.63, 3.8) is 0 Å². The number of nitrogens with one attached hydrogen (secondary N) is 1. The number of urea groups is 1. The van der Waals surface area contributed by atoms with E-state index in [9.17, 15) is 4.79 Å². The van der Waals surface area contributed by atoms with Crippen LogP contribution in [-0.4, -0.2) is 30.6 Å². The molecule has 0 aromatic heterocycles. The number of hydrogen-bond donors (Lipinski definition) is 1. The fourth-order valence-corrected chi connectivity index (χ4v) is 1.22. The summed E-state index contributed by atoms with van der Waals surface area (Å²) in [5, 5.41) is 11.3. The Balaban J connectivity index is 2.46. The third-order valence-electron chi connectivity index (χ3n) is 1.97. The lowest BCUT2D eigenvalue weighted by Gasteiger charge is -2.24. The second-order valence-corrected chi connectivity index (χ2v) is 2.87. The molecule has 1 rings (SSSR count). The van der Waals surface area contributed by atoms with Crippen LogP contribution in [0.15, 0.2) is 11.6 Å². The van der Waals surface area contributed by atoms with Crippen molar-refractivity contribution in [2.24, 2.45) is 0 Å². The van der Waals surface area contributed by atoms with Crippen LogP contribution in [0.25, 0.3) is 0 Å². The van der Waals surface area contributed by atoms with Crippen molar-refractivity contribution in [2.45, 2.75) is 13.3 Å². The molecule has 0 unspecified atom stereocenters. The van der Waals surface area contributed by atoms with Gasteiger partial charge in [-0.3, -0.25) is 0 Å². The highest BCUT2D eigenvalue weighted by molar-refractivity contribution is 5.74. The number of carbonyl (C=O) groups excluding carboxylic acids is 1. The number of nitrogens with zero attached hydrogens (tertiary/aromatic N) is 2. The van der Waals surface area contributed by atoms with Gasteiger partial charge in [-0.25, -0.2) is 4.79 Å². The number of amides is 2. The first-order chi connectivity index (χ1) is 6.27. The third-order valence-corrected chi connectivity index (χ3v) is 1.97. The Morgan fingerprint density at radius 3 is 3.08 bits per heavy atom. The maximum absolute atomic E-state index is 11.3. The Kier molecular flexibility index (Phi) is 3.32.